The SMILES string of the molecule is CC(=O)O[C@@H](C1C[C@@H](C)C2C(O1)[C@H](O)[C@@]1(C)[C@@H]3CC[C@H]4C(C)(C)[C@@H](O[C@H]5CN(C(C)=O)CCO5)CC[C@@]45CC35CC[C@]21C)C(C)(C)O. The van der Waals surface area contributed by atoms with Gasteiger partial charge >= 0.3 is 5.97 Å². The van der Waals surface area contributed by atoms with Crippen molar-refractivity contribution in [1.29, 1.82) is 0 Å². The van der Waals surface area contributed by atoms with E-state index in [9.17, 15) is 19.8 Å². The van der Waals surface area contributed by atoms with Gasteiger partial charge in [0, 0.05) is 25.8 Å². The standard InChI is InChI=1S/C38H61NO8/c1-21-18-24(32(34(6,7)43)45-23(3)41)46-30-29(21)35(8)14-15-38-20-37(38)13-12-27(47-28-19-39(22(2)40)16-17-44-28)33(4,5)25(37)10-11-26(38)36(35,9)31(30)42/h21,24-32,42-43H,10-20H2,1-9H3/t21-,24?,25+,26+,27+,28+,29?,30?,31+,32+,35-,36-,37-,38?/m1/s1. The number of carbonyl (C=O) groups excluding carboxylic acids is 2. The van der Waals surface area contributed by atoms with E-state index in [1.165, 1.54) is 19.8 Å². The fourth-order valence-electron chi connectivity index (χ4n) is 13.8. The third-order valence-corrected chi connectivity index (χ3v) is 15.9. The van der Waals surface area contributed by atoms with Gasteiger partial charge in [0.15, 0.2) is 12.4 Å². The Bertz CT molecular complexity index is 1280. The van der Waals surface area contributed by atoms with Crippen molar-refractivity contribution in [2.24, 2.45) is 50.7 Å². The van der Waals surface area contributed by atoms with Crippen molar-refractivity contribution in [2.75, 3.05) is 19.7 Å². The van der Waals surface area contributed by atoms with Crippen LogP contribution in [0.2, 0.25) is 0 Å². The van der Waals surface area contributed by atoms with Crippen LogP contribution in [0.4, 0.5) is 0 Å². The number of ether oxygens (including phenoxy) is 4. The molecule has 4 unspecified atom stereocenters. The Labute approximate surface area is 281 Å². The van der Waals surface area contributed by atoms with Gasteiger partial charge < -0.3 is 34.1 Å². The highest BCUT2D eigenvalue weighted by Crippen LogP contribution is 2.89. The van der Waals surface area contributed by atoms with Crippen LogP contribution in [-0.2, 0) is 28.5 Å². The number of hydrogen-bond donors (Lipinski definition) is 2. The maximum absolute atomic E-state index is 12.5. The molecule has 0 aromatic rings. The fourth-order valence-corrected chi connectivity index (χ4v) is 13.8. The van der Waals surface area contributed by atoms with Crippen LogP contribution in [0.3, 0.4) is 0 Å². The summed E-state index contributed by atoms with van der Waals surface area (Å²) in [5, 5.41) is 23.6. The average Bonchev–Trinajstić information content (AvgIpc) is 3.61. The fraction of sp³-hybridized carbons (Fsp3) is 0.947. The molecule has 14 atom stereocenters. The van der Waals surface area contributed by atoms with Gasteiger partial charge in [-0.2, -0.15) is 0 Å². The molecule has 9 heteroatoms. The molecule has 2 N–H and O–H groups in total. The predicted molar refractivity (Wildman–Crippen MR) is 175 cm³/mol. The topological polar surface area (TPSA) is 115 Å². The van der Waals surface area contributed by atoms with E-state index in [-0.39, 0.29) is 63.3 Å². The zero-order chi connectivity index (χ0) is 34.1. The second kappa shape index (κ2) is 10.9. The van der Waals surface area contributed by atoms with Crippen molar-refractivity contribution in [1.82, 2.24) is 4.90 Å². The van der Waals surface area contributed by atoms with E-state index in [1.807, 2.05) is 4.90 Å². The Morgan fingerprint density at radius 2 is 1.68 bits per heavy atom. The number of aliphatic hydroxyl groups is 2. The van der Waals surface area contributed by atoms with E-state index in [1.54, 1.807) is 20.8 Å². The number of fused-ring (bicyclic) bond motifs is 4. The summed E-state index contributed by atoms with van der Waals surface area (Å²) in [5.74, 6) is 1.06. The van der Waals surface area contributed by atoms with Crippen molar-refractivity contribution in [3.8, 4) is 0 Å². The smallest absolute Gasteiger partial charge is 0.303 e. The summed E-state index contributed by atoms with van der Waals surface area (Å²) in [5.41, 5.74) is -1.16. The van der Waals surface area contributed by atoms with Crippen LogP contribution in [0, 0.1) is 50.7 Å². The summed E-state index contributed by atoms with van der Waals surface area (Å²) in [6, 6.07) is 0. The van der Waals surface area contributed by atoms with Gasteiger partial charge in [0.05, 0.1) is 43.2 Å². The first-order valence-electron chi connectivity index (χ1n) is 18.6. The van der Waals surface area contributed by atoms with Crippen LogP contribution in [0.15, 0.2) is 0 Å². The van der Waals surface area contributed by atoms with Crippen LogP contribution < -0.4 is 0 Å². The zero-order valence-corrected chi connectivity index (χ0v) is 30.3. The first-order valence-corrected chi connectivity index (χ1v) is 18.6. The minimum absolute atomic E-state index is 0.0216. The van der Waals surface area contributed by atoms with Crippen LogP contribution in [0.1, 0.15) is 114 Å². The van der Waals surface area contributed by atoms with E-state index in [2.05, 4.69) is 34.6 Å². The van der Waals surface area contributed by atoms with Gasteiger partial charge in [0.2, 0.25) is 5.91 Å². The zero-order valence-electron chi connectivity index (χ0n) is 30.3. The van der Waals surface area contributed by atoms with Gasteiger partial charge in [-0.05, 0) is 111 Å². The Morgan fingerprint density at radius 3 is 2.34 bits per heavy atom. The lowest BCUT2D eigenvalue weighted by Crippen LogP contribution is -2.60. The molecule has 0 bridgehead atoms. The van der Waals surface area contributed by atoms with Gasteiger partial charge in [0.1, 0.15) is 0 Å². The lowest BCUT2D eigenvalue weighted by Gasteiger charge is -2.64. The number of hydrogen-bond acceptors (Lipinski definition) is 8. The molecule has 7 fully saturated rings. The Balaban J connectivity index is 1.13. The molecule has 7 aliphatic rings. The van der Waals surface area contributed by atoms with E-state index >= 15 is 0 Å². The maximum atomic E-state index is 12.5. The van der Waals surface area contributed by atoms with E-state index in [0.717, 1.165) is 32.1 Å². The van der Waals surface area contributed by atoms with Crippen molar-refractivity contribution >= 4 is 11.9 Å². The second-order valence-corrected chi connectivity index (χ2v) is 18.6. The largest absolute Gasteiger partial charge is 0.457 e. The monoisotopic (exact) mass is 659 g/mol. The number of esters is 1. The molecule has 266 valence electrons. The molecule has 5 aliphatic carbocycles. The first kappa shape index (κ1) is 34.2. The number of aliphatic hydroxyl groups excluding tert-OH is 1. The van der Waals surface area contributed by atoms with E-state index in [4.69, 9.17) is 18.9 Å². The molecule has 2 aliphatic heterocycles. The van der Waals surface area contributed by atoms with Gasteiger partial charge in [-0.15, -0.1) is 0 Å². The summed E-state index contributed by atoms with van der Waals surface area (Å²) < 4.78 is 25.3. The van der Waals surface area contributed by atoms with Gasteiger partial charge in [-0.1, -0.05) is 34.6 Å². The number of nitrogens with zero attached hydrogens (tertiary/aromatic N) is 1. The van der Waals surface area contributed by atoms with Crippen molar-refractivity contribution < 1.29 is 38.7 Å². The first-order chi connectivity index (χ1) is 21.8. The molecule has 5 saturated carbocycles. The average molecular weight is 660 g/mol. The molecule has 0 radical (unpaired) electrons. The van der Waals surface area contributed by atoms with Crippen LogP contribution in [0.5, 0.6) is 0 Å². The predicted octanol–water partition coefficient (Wildman–Crippen LogP) is 5.09. The normalized spacial score (nSPS) is 50.6. The number of rotatable bonds is 5. The third-order valence-electron chi connectivity index (χ3n) is 15.9. The maximum Gasteiger partial charge on any atom is 0.303 e. The van der Waals surface area contributed by atoms with E-state index in [0.29, 0.717) is 38.0 Å². The van der Waals surface area contributed by atoms with Crippen LogP contribution in [0.25, 0.3) is 0 Å². The van der Waals surface area contributed by atoms with Gasteiger partial charge in [-0.25, -0.2) is 0 Å². The highest BCUT2D eigenvalue weighted by atomic mass is 16.7. The summed E-state index contributed by atoms with van der Waals surface area (Å²) in [6.07, 6.45) is 6.05. The molecule has 1 amide bonds. The second-order valence-electron chi connectivity index (χ2n) is 18.6. The summed E-state index contributed by atoms with van der Waals surface area (Å²) >= 11 is 0. The Hall–Kier alpha value is -1.26. The molecule has 47 heavy (non-hydrogen) atoms. The Kier molecular flexibility index (Phi) is 7.91. The van der Waals surface area contributed by atoms with Gasteiger partial charge in [-0.3, -0.25) is 9.59 Å². The number of carbonyl (C=O) groups is 2. The summed E-state index contributed by atoms with van der Waals surface area (Å²) in [4.78, 5) is 26.0. The number of amides is 1. The molecular formula is C38H61NO8. The minimum Gasteiger partial charge on any atom is -0.457 e. The van der Waals surface area contributed by atoms with Gasteiger partial charge in [0.25, 0.3) is 0 Å². The van der Waals surface area contributed by atoms with Crippen molar-refractivity contribution in [3.63, 3.8) is 0 Å². The third kappa shape index (κ3) is 4.64. The van der Waals surface area contributed by atoms with Crippen LogP contribution >= 0.6 is 0 Å². The quantitative estimate of drug-likeness (QED) is 0.393. The molecular weight excluding hydrogens is 598 g/mol. The molecule has 0 aromatic heterocycles. The molecule has 9 nitrogen and oxygen atoms in total. The molecule has 7 rings (SSSR count). The summed E-state index contributed by atoms with van der Waals surface area (Å²) in [6.45, 7) is 19.9. The Morgan fingerprint density at radius 1 is 1.00 bits per heavy atom. The molecule has 2 spiro atoms. The highest BCUT2D eigenvalue weighted by molar-refractivity contribution is 5.73. The van der Waals surface area contributed by atoms with Crippen LogP contribution in [-0.4, -0.2) is 89.1 Å². The molecule has 2 saturated heterocycles. The van der Waals surface area contributed by atoms with E-state index < -0.39 is 29.9 Å². The lowest BCUT2D eigenvalue weighted by molar-refractivity contribution is -0.247. The number of morpholine rings is 1. The molecule has 0 aromatic carbocycles. The summed E-state index contributed by atoms with van der Waals surface area (Å²) in [7, 11) is 0. The van der Waals surface area contributed by atoms with Crippen molar-refractivity contribution in [2.45, 2.75) is 156 Å². The molecule has 2 heterocycles. The highest BCUT2D eigenvalue weighted by Gasteiger charge is 2.84. The lowest BCUT2D eigenvalue weighted by atomic mass is 9.41. The minimum atomic E-state index is -1.26. The van der Waals surface area contributed by atoms with Crippen molar-refractivity contribution in [3.05, 3.63) is 0 Å².